The first-order chi connectivity index (χ1) is 23.2. The Hall–Kier alpha value is -3.81. The first-order valence-electron chi connectivity index (χ1n) is 17.5. The van der Waals surface area contributed by atoms with Gasteiger partial charge in [0.15, 0.2) is 5.67 Å². The molecule has 4 fully saturated rings. The van der Waals surface area contributed by atoms with Gasteiger partial charge in [-0.05, 0) is 102 Å². The summed E-state index contributed by atoms with van der Waals surface area (Å²) in [6.07, 6.45) is 3.21. The molecule has 0 aromatic heterocycles. The molecule has 1 aliphatic heterocycles. The fraction of sp³-hybridized carbons (Fsp3) is 0.686. The normalized spacial score (nSPS) is 22.7. The molecular formula is C35H50F2N6O6. The van der Waals surface area contributed by atoms with Gasteiger partial charge in [0.05, 0.1) is 12.3 Å². The molecule has 0 spiro atoms. The number of carbonyl (C=O) groups excluding carboxylic acids is 5. The smallest absolute Gasteiger partial charge is 0.407 e. The Bertz CT molecular complexity index is 1420. The maximum Gasteiger partial charge on any atom is 0.407 e. The average molecular weight is 689 g/mol. The fourth-order valence-corrected chi connectivity index (χ4v) is 6.69. The molecule has 1 saturated heterocycles. The molecular weight excluding hydrogens is 638 g/mol. The summed E-state index contributed by atoms with van der Waals surface area (Å²) in [4.78, 5) is 69.2. The first-order valence-corrected chi connectivity index (χ1v) is 17.5. The van der Waals surface area contributed by atoms with Crippen LogP contribution in [0.3, 0.4) is 0 Å². The maximum atomic E-state index is 15.7. The van der Waals surface area contributed by atoms with Crippen molar-refractivity contribution >= 4 is 35.4 Å². The largest absolute Gasteiger partial charge is 0.450 e. The van der Waals surface area contributed by atoms with Crippen LogP contribution in [0.25, 0.3) is 0 Å². The lowest BCUT2D eigenvalue weighted by atomic mass is 9.88. The lowest BCUT2D eigenvalue weighted by Gasteiger charge is -2.40. The van der Waals surface area contributed by atoms with Gasteiger partial charge >= 0.3 is 6.09 Å². The number of hydrogen-bond donors (Lipinski definition) is 4. The van der Waals surface area contributed by atoms with Gasteiger partial charge < -0.3 is 35.8 Å². The number of alkyl carbamates (subject to hydrolysis) is 1. The summed E-state index contributed by atoms with van der Waals surface area (Å²) in [5, 5.41) is 10.5. The van der Waals surface area contributed by atoms with Crippen LogP contribution in [0.4, 0.5) is 19.3 Å². The second kappa shape index (κ2) is 15.0. The SMILES string of the molecule is CCOC(=O)N[C@@H](C)C(=O)N[C@@H](C(=O)N1CCN(C)[C@H](C)C1)[C@@H](C)c1ccc(NC(=O)[C@@H](NC(=O)C2(F)CC2)C(C2CC2)C2CC2)c(F)c1. The molecule has 49 heavy (non-hydrogen) atoms. The number of hydrogen-bond acceptors (Lipinski definition) is 7. The van der Waals surface area contributed by atoms with E-state index in [1.807, 2.05) is 14.0 Å². The highest BCUT2D eigenvalue weighted by molar-refractivity contribution is 5.99. The van der Waals surface area contributed by atoms with E-state index < -0.39 is 59.3 Å². The van der Waals surface area contributed by atoms with E-state index in [2.05, 4.69) is 26.2 Å². The summed E-state index contributed by atoms with van der Waals surface area (Å²) in [7, 11) is 1.97. The summed E-state index contributed by atoms with van der Waals surface area (Å²) in [5.41, 5.74) is -1.66. The molecule has 1 aromatic rings. The monoisotopic (exact) mass is 688 g/mol. The van der Waals surface area contributed by atoms with Gasteiger partial charge in [-0.3, -0.25) is 19.2 Å². The number of nitrogens with one attached hydrogen (secondary N) is 4. The minimum Gasteiger partial charge on any atom is -0.450 e. The number of benzene rings is 1. The van der Waals surface area contributed by atoms with Gasteiger partial charge in [-0.1, -0.05) is 13.0 Å². The molecule has 5 rings (SSSR count). The highest BCUT2D eigenvalue weighted by Crippen LogP contribution is 2.51. The number of ether oxygens (including phenoxy) is 1. The lowest BCUT2D eigenvalue weighted by molar-refractivity contribution is -0.139. The van der Waals surface area contributed by atoms with Gasteiger partial charge in [-0.15, -0.1) is 0 Å². The molecule has 3 aliphatic carbocycles. The number of rotatable bonds is 14. The zero-order chi connectivity index (χ0) is 35.6. The summed E-state index contributed by atoms with van der Waals surface area (Å²) in [6, 6.07) is 1.18. The predicted molar refractivity (Wildman–Crippen MR) is 178 cm³/mol. The summed E-state index contributed by atoms with van der Waals surface area (Å²) in [5.74, 6) is -3.42. The number of alkyl halides is 1. The first kappa shape index (κ1) is 36.5. The molecule has 1 heterocycles. The highest BCUT2D eigenvalue weighted by Gasteiger charge is 2.54. The van der Waals surface area contributed by atoms with Crippen molar-refractivity contribution in [3.63, 3.8) is 0 Å². The van der Waals surface area contributed by atoms with Crippen LogP contribution < -0.4 is 21.3 Å². The van der Waals surface area contributed by atoms with Crippen molar-refractivity contribution < 1.29 is 37.5 Å². The molecule has 5 atom stereocenters. The van der Waals surface area contributed by atoms with Crippen LogP contribution in [0, 0.1) is 23.6 Å². The predicted octanol–water partition coefficient (Wildman–Crippen LogP) is 3.07. The number of likely N-dealkylation sites (N-methyl/N-ethyl adjacent to an activating group) is 1. The molecule has 1 aromatic carbocycles. The number of amides is 5. The third-order valence-electron chi connectivity index (χ3n) is 10.5. The molecule has 4 aliphatic rings. The molecule has 12 nitrogen and oxygen atoms in total. The zero-order valence-electron chi connectivity index (χ0n) is 29.0. The van der Waals surface area contributed by atoms with Crippen molar-refractivity contribution in [3.05, 3.63) is 29.6 Å². The van der Waals surface area contributed by atoms with Crippen LogP contribution in [-0.2, 0) is 23.9 Å². The standard InChI is InChI=1S/C35H50F2N6O6/c1-6-49-34(48)38-21(4)30(44)40-28(32(46)43-16-15-42(5)19(2)18-43)20(3)24-11-12-26(25(36)17-24)39-31(45)29(41-33(47)35(37)13-14-35)27(22-7-8-22)23-9-10-23/h11-12,17,19-23,27-29H,6-10,13-16,18H2,1-5H3,(H,38,48)(H,39,45)(H,40,44)(H,41,47)/t19-,20+,21+,28-,29+/m1/s1. The van der Waals surface area contributed by atoms with Crippen molar-refractivity contribution in [1.29, 1.82) is 0 Å². The molecule has 14 heteroatoms. The molecule has 0 bridgehead atoms. The van der Waals surface area contributed by atoms with Gasteiger partial charge in [-0.25, -0.2) is 13.6 Å². The average Bonchev–Trinajstić information content (AvgIpc) is 3.91. The van der Waals surface area contributed by atoms with Crippen molar-refractivity contribution in [3.8, 4) is 0 Å². The highest BCUT2D eigenvalue weighted by atomic mass is 19.1. The Labute approximate surface area is 286 Å². The van der Waals surface area contributed by atoms with Crippen LogP contribution in [-0.4, -0.2) is 103 Å². The maximum absolute atomic E-state index is 15.7. The number of halogens is 2. The van der Waals surface area contributed by atoms with Gasteiger partial charge in [-0.2, -0.15) is 0 Å². The van der Waals surface area contributed by atoms with Crippen molar-refractivity contribution in [2.24, 2.45) is 17.8 Å². The minimum absolute atomic E-state index is 0.0850. The number of anilines is 1. The topological polar surface area (TPSA) is 149 Å². The molecule has 270 valence electrons. The van der Waals surface area contributed by atoms with E-state index in [-0.39, 0.29) is 54.8 Å². The van der Waals surface area contributed by atoms with Crippen LogP contribution in [0.15, 0.2) is 18.2 Å². The second-order valence-corrected chi connectivity index (χ2v) is 14.4. The zero-order valence-corrected chi connectivity index (χ0v) is 29.0. The van der Waals surface area contributed by atoms with E-state index in [9.17, 15) is 28.4 Å². The molecule has 0 radical (unpaired) electrons. The van der Waals surface area contributed by atoms with E-state index in [0.717, 1.165) is 25.7 Å². The van der Waals surface area contributed by atoms with Crippen molar-refractivity contribution in [2.45, 2.75) is 102 Å². The Morgan fingerprint density at radius 3 is 2.16 bits per heavy atom. The van der Waals surface area contributed by atoms with E-state index >= 15 is 4.39 Å². The Kier molecular flexibility index (Phi) is 11.1. The summed E-state index contributed by atoms with van der Waals surface area (Å²) < 4.78 is 35.3. The second-order valence-electron chi connectivity index (χ2n) is 14.4. The fourth-order valence-electron chi connectivity index (χ4n) is 6.69. The van der Waals surface area contributed by atoms with Crippen LogP contribution >= 0.6 is 0 Å². The van der Waals surface area contributed by atoms with E-state index in [1.54, 1.807) is 24.8 Å². The summed E-state index contributed by atoms with van der Waals surface area (Å²) in [6.45, 7) is 8.45. The molecule has 3 saturated carbocycles. The Balaban J connectivity index is 1.33. The van der Waals surface area contributed by atoms with Gasteiger partial charge in [0.1, 0.15) is 23.9 Å². The van der Waals surface area contributed by atoms with Crippen LogP contribution in [0.2, 0.25) is 0 Å². The number of carbonyl (C=O) groups is 5. The van der Waals surface area contributed by atoms with E-state index in [4.69, 9.17) is 4.74 Å². The van der Waals surface area contributed by atoms with Crippen LogP contribution in [0.5, 0.6) is 0 Å². The molecule has 5 amide bonds. The van der Waals surface area contributed by atoms with E-state index in [0.29, 0.717) is 25.2 Å². The Morgan fingerprint density at radius 2 is 1.61 bits per heavy atom. The Morgan fingerprint density at radius 1 is 0.959 bits per heavy atom. The molecule has 0 unspecified atom stereocenters. The minimum atomic E-state index is -1.95. The number of piperazine rings is 1. The van der Waals surface area contributed by atoms with Gasteiger partial charge in [0.25, 0.3) is 5.91 Å². The molecule has 4 N–H and O–H groups in total. The lowest BCUT2D eigenvalue weighted by Crippen LogP contribution is -2.59. The summed E-state index contributed by atoms with van der Waals surface area (Å²) >= 11 is 0. The van der Waals surface area contributed by atoms with Crippen molar-refractivity contribution in [2.75, 3.05) is 38.6 Å². The van der Waals surface area contributed by atoms with Crippen LogP contribution in [0.1, 0.15) is 77.7 Å². The van der Waals surface area contributed by atoms with Gasteiger partial charge in [0.2, 0.25) is 17.7 Å². The third-order valence-corrected chi connectivity index (χ3v) is 10.5. The van der Waals surface area contributed by atoms with E-state index in [1.165, 1.54) is 19.1 Å². The van der Waals surface area contributed by atoms with Crippen molar-refractivity contribution in [1.82, 2.24) is 25.8 Å². The van der Waals surface area contributed by atoms with Gasteiger partial charge in [0, 0.05) is 31.6 Å². The number of nitrogens with zero attached hydrogens (tertiary/aromatic N) is 2. The quantitative estimate of drug-likeness (QED) is 0.235. The third kappa shape index (κ3) is 8.87.